The molecule has 1 aliphatic carbocycles. The lowest BCUT2D eigenvalue weighted by atomic mass is 9.67. The number of rotatable bonds is 9. The Labute approximate surface area is 402 Å². The molecular formula is C67H45NO. The summed E-state index contributed by atoms with van der Waals surface area (Å²) in [4.78, 5) is 2.49. The number of anilines is 3. The van der Waals surface area contributed by atoms with E-state index in [1.54, 1.807) is 0 Å². The van der Waals surface area contributed by atoms with Crippen molar-refractivity contribution in [2.75, 3.05) is 4.90 Å². The number of nitrogens with zero attached hydrogens (tertiary/aromatic N) is 1. The second kappa shape index (κ2) is 16.7. The molecule has 1 aliphatic rings. The van der Waals surface area contributed by atoms with Gasteiger partial charge in [-0.25, -0.2) is 0 Å². The van der Waals surface area contributed by atoms with Crippen LogP contribution < -0.4 is 4.90 Å². The van der Waals surface area contributed by atoms with Crippen molar-refractivity contribution in [2.24, 2.45) is 0 Å². The summed E-state index contributed by atoms with van der Waals surface area (Å²) in [5, 5.41) is 2.25. The van der Waals surface area contributed by atoms with Crippen molar-refractivity contribution < 1.29 is 4.42 Å². The predicted octanol–water partition coefficient (Wildman–Crippen LogP) is 18.1. The number of hydrogen-bond acceptors (Lipinski definition) is 2. The number of fused-ring (bicyclic) bond motifs is 6. The fourth-order valence-electron chi connectivity index (χ4n) is 11.1. The van der Waals surface area contributed by atoms with Crippen molar-refractivity contribution in [3.63, 3.8) is 0 Å². The van der Waals surface area contributed by atoms with E-state index < -0.39 is 5.41 Å². The first kappa shape index (κ1) is 40.3. The highest BCUT2D eigenvalue weighted by molar-refractivity contribution is 6.12. The molecule has 0 spiro atoms. The number of hydrogen-bond donors (Lipinski definition) is 0. The van der Waals surface area contributed by atoms with Crippen molar-refractivity contribution in [3.05, 3.63) is 295 Å². The third kappa shape index (κ3) is 6.72. The summed E-state index contributed by atoms with van der Waals surface area (Å²) >= 11 is 0. The third-order valence-electron chi connectivity index (χ3n) is 14.1. The fourth-order valence-corrected chi connectivity index (χ4v) is 11.1. The van der Waals surface area contributed by atoms with Crippen molar-refractivity contribution in [2.45, 2.75) is 5.41 Å². The van der Waals surface area contributed by atoms with E-state index in [0.717, 1.165) is 72.4 Å². The van der Waals surface area contributed by atoms with E-state index >= 15 is 0 Å². The molecule has 0 aliphatic heterocycles. The zero-order valence-electron chi connectivity index (χ0n) is 37.8. The van der Waals surface area contributed by atoms with Gasteiger partial charge in [0.1, 0.15) is 11.2 Å². The molecule has 1 unspecified atom stereocenters. The van der Waals surface area contributed by atoms with Crippen LogP contribution in [0.15, 0.2) is 277 Å². The molecule has 12 aromatic rings. The molecular weight excluding hydrogens is 835 g/mol. The van der Waals surface area contributed by atoms with Crippen molar-refractivity contribution in [3.8, 4) is 55.6 Å². The Kier molecular flexibility index (Phi) is 9.77. The summed E-state index contributed by atoms with van der Waals surface area (Å²) in [5.41, 5.74) is 21.1. The van der Waals surface area contributed by atoms with E-state index in [9.17, 15) is 0 Å². The minimum absolute atomic E-state index is 0.614. The quantitative estimate of drug-likeness (QED) is 0.144. The molecule has 1 atom stereocenters. The van der Waals surface area contributed by atoms with Crippen molar-refractivity contribution in [1.82, 2.24) is 0 Å². The average Bonchev–Trinajstić information content (AvgIpc) is 3.97. The highest BCUT2D eigenvalue weighted by Gasteiger charge is 2.47. The van der Waals surface area contributed by atoms with Crippen molar-refractivity contribution in [1.29, 1.82) is 0 Å². The van der Waals surface area contributed by atoms with Gasteiger partial charge < -0.3 is 9.32 Å². The van der Waals surface area contributed by atoms with Crippen LogP contribution in [0.25, 0.3) is 77.6 Å². The average molecular weight is 880 g/mol. The second-order valence-corrected chi connectivity index (χ2v) is 18.0. The summed E-state index contributed by atoms with van der Waals surface area (Å²) in [7, 11) is 0. The van der Waals surface area contributed by atoms with Gasteiger partial charge in [-0.2, -0.15) is 0 Å². The smallest absolute Gasteiger partial charge is 0.136 e. The predicted molar refractivity (Wildman–Crippen MR) is 287 cm³/mol. The van der Waals surface area contributed by atoms with Crippen LogP contribution in [0.3, 0.4) is 0 Å². The van der Waals surface area contributed by atoms with Gasteiger partial charge in [0.2, 0.25) is 0 Å². The van der Waals surface area contributed by atoms with Gasteiger partial charge in [-0.15, -0.1) is 0 Å². The van der Waals surface area contributed by atoms with Gasteiger partial charge in [0, 0.05) is 27.7 Å². The maximum Gasteiger partial charge on any atom is 0.136 e. The molecule has 2 nitrogen and oxygen atoms in total. The van der Waals surface area contributed by atoms with Gasteiger partial charge in [-0.3, -0.25) is 0 Å². The molecule has 0 radical (unpaired) electrons. The van der Waals surface area contributed by atoms with Crippen LogP contribution in [0.5, 0.6) is 0 Å². The van der Waals surface area contributed by atoms with Gasteiger partial charge >= 0.3 is 0 Å². The highest BCUT2D eigenvalue weighted by atomic mass is 16.3. The first-order chi connectivity index (χ1) is 34.2. The Morgan fingerprint density at radius 1 is 0.304 bits per heavy atom. The van der Waals surface area contributed by atoms with Crippen LogP contribution in [-0.4, -0.2) is 0 Å². The highest BCUT2D eigenvalue weighted by Crippen LogP contribution is 2.60. The number of para-hydroxylation sites is 1. The van der Waals surface area contributed by atoms with Crippen LogP contribution >= 0.6 is 0 Å². The third-order valence-corrected chi connectivity index (χ3v) is 14.1. The minimum Gasteiger partial charge on any atom is -0.456 e. The second-order valence-electron chi connectivity index (χ2n) is 18.0. The van der Waals surface area contributed by atoms with E-state index in [1.807, 2.05) is 6.07 Å². The molecule has 0 saturated heterocycles. The van der Waals surface area contributed by atoms with Gasteiger partial charge in [0.25, 0.3) is 0 Å². The van der Waals surface area contributed by atoms with Crippen LogP contribution in [0, 0.1) is 0 Å². The maximum atomic E-state index is 6.36. The number of furan rings is 1. The normalized spacial score (nSPS) is 13.9. The van der Waals surface area contributed by atoms with Crippen LogP contribution in [0.1, 0.15) is 22.3 Å². The summed E-state index contributed by atoms with van der Waals surface area (Å²) in [6.45, 7) is 0. The molecule has 1 heterocycles. The molecule has 13 rings (SSSR count). The molecule has 0 amide bonds. The Hall–Kier alpha value is -8.98. The first-order valence-corrected chi connectivity index (χ1v) is 23.7. The molecule has 1 aromatic heterocycles. The van der Waals surface area contributed by atoms with E-state index in [2.05, 4.69) is 272 Å². The van der Waals surface area contributed by atoms with Gasteiger partial charge in [0.15, 0.2) is 0 Å². The van der Waals surface area contributed by atoms with E-state index in [-0.39, 0.29) is 0 Å². The largest absolute Gasteiger partial charge is 0.456 e. The Bertz CT molecular complexity index is 3760. The van der Waals surface area contributed by atoms with E-state index in [4.69, 9.17) is 4.42 Å². The topological polar surface area (TPSA) is 16.4 Å². The van der Waals surface area contributed by atoms with Crippen LogP contribution in [0.2, 0.25) is 0 Å². The molecule has 0 fully saturated rings. The monoisotopic (exact) mass is 879 g/mol. The lowest BCUT2D eigenvalue weighted by Crippen LogP contribution is -2.28. The molecule has 69 heavy (non-hydrogen) atoms. The zero-order valence-corrected chi connectivity index (χ0v) is 37.8. The van der Waals surface area contributed by atoms with Gasteiger partial charge in [-0.05, 0) is 127 Å². The molecule has 2 heteroatoms. The molecule has 0 saturated carbocycles. The Balaban J connectivity index is 1.08. The lowest BCUT2D eigenvalue weighted by molar-refractivity contribution is 0.669. The first-order valence-electron chi connectivity index (χ1n) is 23.7. The zero-order chi connectivity index (χ0) is 45.7. The Morgan fingerprint density at radius 3 is 1.54 bits per heavy atom. The van der Waals surface area contributed by atoms with E-state index in [0.29, 0.717) is 0 Å². The van der Waals surface area contributed by atoms with Crippen LogP contribution in [0.4, 0.5) is 17.1 Å². The van der Waals surface area contributed by atoms with Gasteiger partial charge in [0.05, 0.1) is 11.1 Å². The lowest BCUT2D eigenvalue weighted by Gasteiger charge is -2.35. The van der Waals surface area contributed by atoms with Crippen molar-refractivity contribution >= 4 is 39.0 Å². The fraction of sp³-hybridized carbons (Fsp3) is 0.0149. The summed E-state index contributed by atoms with van der Waals surface area (Å²) in [5.74, 6) is 0. The maximum absolute atomic E-state index is 6.36. The SMILES string of the molecule is c1ccc(-c2cc(-c3ccccc3)cc(N(c3ccc(-c4cccc5oc6ccccc6c45)cc3)c3cccc4c3-c3ccccc3C4(c3ccccc3)c3cccc(-c4ccccc4)c3)c2)cc1. The molecule has 11 aromatic carbocycles. The molecule has 324 valence electrons. The Morgan fingerprint density at radius 2 is 0.826 bits per heavy atom. The summed E-state index contributed by atoms with van der Waals surface area (Å²) < 4.78 is 6.36. The number of benzene rings is 11. The minimum atomic E-state index is -0.614. The summed E-state index contributed by atoms with van der Waals surface area (Å²) in [6.07, 6.45) is 0. The summed E-state index contributed by atoms with van der Waals surface area (Å²) in [6, 6.07) is 99.5. The molecule has 0 bridgehead atoms. The van der Waals surface area contributed by atoms with Crippen LogP contribution in [-0.2, 0) is 5.41 Å². The standard InChI is InChI=1S/C67H45NO/c1-5-20-46(21-6-1)50-26-17-29-54(43-50)67(53-27-11-4-12-28-53)60-33-15-13-30-58(60)66-61(67)34-19-35-62(66)68(56-44-51(47-22-7-2-8-23-47)42-52(45-56)48-24-9-3-10-25-48)55-40-38-49(39-41-55)57-32-18-37-64-65(57)59-31-14-16-36-63(59)69-64/h1-45H. The van der Waals surface area contributed by atoms with E-state index in [1.165, 1.54) is 44.5 Å². The molecule has 0 N–H and O–H groups in total. The van der Waals surface area contributed by atoms with Gasteiger partial charge in [-0.1, -0.05) is 218 Å².